The van der Waals surface area contributed by atoms with Crippen LogP contribution in [0.25, 0.3) is 10.2 Å². The molecule has 0 atom stereocenters. The minimum atomic E-state index is -0.152. The molecule has 0 N–H and O–H groups in total. The molecule has 0 saturated carbocycles. The van der Waals surface area contributed by atoms with E-state index >= 15 is 0 Å². The molecule has 25 heavy (non-hydrogen) atoms. The van der Waals surface area contributed by atoms with Gasteiger partial charge in [-0.2, -0.15) is 0 Å². The SMILES string of the molecule is Cc1nc(N2CCN(c3ccccc3F)CC2)c2c(C)c(C)sc2n1. The van der Waals surface area contributed by atoms with E-state index in [0.717, 1.165) is 42.7 Å². The van der Waals surface area contributed by atoms with Crippen LogP contribution in [0, 0.1) is 26.6 Å². The van der Waals surface area contributed by atoms with Gasteiger partial charge in [0.2, 0.25) is 0 Å². The van der Waals surface area contributed by atoms with Crippen molar-refractivity contribution in [1.82, 2.24) is 9.97 Å². The average Bonchev–Trinajstić information content (AvgIpc) is 2.89. The van der Waals surface area contributed by atoms with E-state index in [0.29, 0.717) is 5.69 Å². The Morgan fingerprint density at radius 1 is 0.960 bits per heavy atom. The Balaban J connectivity index is 1.63. The Morgan fingerprint density at radius 3 is 2.36 bits per heavy atom. The summed E-state index contributed by atoms with van der Waals surface area (Å²) < 4.78 is 14.0. The highest BCUT2D eigenvalue weighted by Crippen LogP contribution is 2.35. The summed E-state index contributed by atoms with van der Waals surface area (Å²) in [7, 11) is 0. The van der Waals surface area contributed by atoms with Gasteiger partial charge in [-0.05, 0) is 38.5 Å². The molecule has 2 aromatic heterocycles. The van der Waals surface area contributed by atoms with Crippen LogP contribution in [0.2, 0.25) is 0 Å². The molecule has 1 aromatic carbocycles. The lowest BCUT2D eigenvalue weighted by Crippen LogP contribution is -2.47. The minimum absolute atomic E-state index is 0.152. The molecule has 0 radical (unpaired) electrons. The van der Waals surface area contributed by atoms with E-state index < -0.39 is 0 Å². The van der Waals surface area contributed by atoms with Gasteiger partial charge in [-0.1, -0.05) is 12.1 Å². The molecule has 0 spiro atoms. The zero-order valence-corrected chi connectivity index (χ0v) is 15.5. The van der Waals surface area contributed by atoms with Gasteiger partial charge in [0, 0.05) is 31.1 Å². The monoisotopic (exact) mass is 356 g/mol. The van der Waals surface area contributed by atoms with E-state index in [9.17, 15) is 4.39 Å². The summed E-state index contributed by atoms with van der Waals surface area (Å²) in [4.78, 5) is 16.1. The first-order valence-electron chi connectivity index (χ1n) is 8.53. The maximum atomic E-state index is 14.0. The minimum Gasteiger partial charge on any atom is -0.366 e. The van der Waals surface area contributed by atoms with Crippen molar-refractivity contribution >= 4 is 33.1 Å². The molecular formula is C19H21FN4S. The van der Waals surface area contributed by atoms with Crippen LogP contribution >= 0.6 is 11.3 Å². The predicted octanol–water partition coefficient (Wildman–Crippen LogP) is 4.08. The molecule has 1 fully saturated rings. The molecular weight excluding hydrogens is 335 g/mol. The van der Waals surface area contributed by atoms with Crippen LogP contribution in [0.1, 0.15) is 16.3 Å². The number of fused-ring (bicyclic) bond motifs is 1. The van der Waals surface area contributed by atoms with E-state index in [1.807, 2.05) is 19.1 Å². The van der Waals surface area contributed by atoms with Gasteiger partial charge in [-0.3, -0.25) is 0 Å². The summed E-state index contributed by atoms with van der Waals surface area (Å²) in [5, 5.41) is 1.17. The maximum absolute atomic E-state index is 14.0. The van der Waals surface area contributed by atoms with Crippen LogP contribution in [-0.4, -0.2) is 36.1 Å². The van der Waals surface area contributed by atoms with Crippen molar-refractivity contribution in [2.45, 2.75) is 20.8 Å². The zero-order chi connectivity index (χ0) is 17.6. The van der Waals surface area contributed by atoms with E-state index in [4.69, 9.17) is 4.98 Å². The molecule has 1 aliphatic rings. The van der Waals surface area contributed by atoms with E-state index in [1.54, 1.807) is 17.4 Å². The first-order valence-corrected chi connectivity index (χ1v) is 9.35. The molecule has 0 amide bonds. The average molecular weight is 356 g/mol. The molecule has 4 nitrogen and oxygen atoms in total. The lowest BCUT2D eigenvalue weighted by molar-refractivity contribution is 0.596. The van der Waals surface area contributed by atoms with Gasteiger partial charge in [-0.25, -0.2) is 14.4 Å². The van der Waals surface area contributed by atoms with Gasteiger partial charge in [0.25, 0.3) is 0 Å². The molecule has 6 heteroatoms. The van der Waals surface area contributed by atoms with Gasteiger partial charge in [-0.15, -0.1) is 11.3 Å². The molecule has 1 aliphatic heterocycles. The number of aryl methyl sites for hydroxylation is 3. The summed E-state index contributed by atoms with van der Waals surface area (Å²) in [6.45, 7) is 9.45. The summed E-state index contributed by atoms with van der Waals surface area (Å²) in [6.07, 6.45) is 0. The zero-order valence-electron chi connectivity index (χ0n) is 14.7. The van der Waals surface area contributed by atoms with Crippen molar-refractivity contribution in [3.63, 3.8) is 0 Å². The number of hydrogen-bond acceptors (Lipinski definition) is 5. The molecule has 0 unspecified atom stereocenters. The first-order chi connectivity index (χ1) is 12.0. The molecule has 4 rings (SSSR count). The highest BCUT2D eigenvalue weighted by atomic mass is 32.1. The molecule has 130 valence electrons. The Morgan fingerprint density at radius 2 is 1.64 bits per heavy atom. The van der Waals surface area contributed by atoms with Crippen molar-refractivity contribution in [2.75, 3.05) is 36.0 Å². The van der Waals surface area contributed by atoms with Crippen molar-refractivity contribution in [1.29, 1.82) is 0 Å². The Labute approximate surface area is 150 Å². The summed E-state index contributed by atoms with van der Waals surface area (Å²) in [5.74, 6) is 1.68. The second kappa shape index (κ2) is 6.26. The number of halogens is 1. The van der Waals surface area contributed by atoms with Crippen molar-refractivity contribution < 1.29 is 4.39 Å². The fourth-order valence-corrected chi connectivity index (χ4v) is 4.50. The van der Waals surface area contributed by atoms with Gasteiger partial charge < -0.3 is 9.80 Å². The number of anilines is 2. The van der Waals surface area contributed by atoms with Crippen LogP contribution in [0.4, 0.5) is 15.9 Å². The number of para-hydroxylation sites is 1. The topological polar surface area (TPSA) is 32.3 Å². The maximum Gasteiger partial charge on any atom is 0.146 e. The lowest BCUT2D eigenvalue weighted by atomic mass is 10.2. The second-order valence-corrected chi connectivity index (χ2v) is 7.69. The normalized spacial score (nSPS) is 15.2. The number of rotatable bonds is 2. The number of nitrogens with zero attached hydrogens (tertiary/aromatic N) is 4. The largest absolute Gasteiger partial charge is 0.366 e. The van der Waals surface area contributed by atoms with Crippen LogP contribution in [-0.2, 0) is 0 Å². The number of benzene rings is 1. The highest BCUT2D eigenvalue weighted by Gasteiger charge is 2.23. The van der Waals surface area contributed by atoms with Crippen LogP contribution in [0.15, 0.2) is 24.3 Å². The second-order valence-electron chi connectivity index (χ2n) is 6.48. The first kappa shape index (κ1) is 16.3. The Kier molecular flexibility index (Phi) is 4.07. The van der Waals surface area contributed by atoms with Crippen molar-refractivity contribution in [3.05, 3.63) is 46.3 Å². The lowest BCUT2D eigenvalue weighted by Gasteiger charge is -2.37. The Hall–Kier alpha value is -2.21. The fourth-order valence-electron chi connectivity index (χ4n) is 3.43. The molecule has 3 aromatic rings. The summed E-state index contributed by atoms with van der Waals surface area (Å²) in [6, 6.07) is 7.00. The third kappa shape index (κ3) is 2.84. The van der Waals surface area contributed by atoms with Crippen LogP contribution in [0.3, 0.4) is 0 Å². The summed E-state index contributed by atoms with van der Waals surface area (Å²) >= 11 is 1.73. The quantitative estimate of drug-likeness (QED) is 0.692. The smallest absolute Gasteiger partial charge is 0.146 e. The fraction of sp³-hybridized carbons (Fsp3) is 0.368. The number of aromatic nitrogens is 2. The van der Waals surface area contributed by atoms with Crippen LogP contribution in [0.5, 0.6) is 0 Å². The molecule has 0 aliphatic carbocycles. The van der Waals surface area contributed by atoms with Gasteiger partial charge in [0.05, 0.1) is 11.1 Å². The third-order valence-corrected chi connectivity index (χ3v) is 5.99. The Bertz CT molecular complexity index is 929. The standard InChI is InChI=1S/C19H21FN4S/c1-12-13(2)25-19-17(12)18(21-14(3)22-19)24-10-8-23(9-11-24)16-7-5-4-6-15(16)20/h4-7H,8-11H2,1-3H3. The van der Waals surface area contributed by atoms with Crippen molar-refractivity contribution in [3.8, 4) is 0 Å². The van der Waals surface area contributed by atoms with E-state index in [1.165, 1.54) is 21.9 Å². The van der Waals surface area contributed by atoms with E-state index in [-0.39, 0.29) is 5.82 Å². The van der Waals surface area contributed by atoms with Gasteiger partial charge in [0.15, 0.2) is 0 Å². The predicted molar refractivity (Wildman–Crippen MR) is 102 cm³/mol. The highest BCUT2D eigenvalue weighted by molar-refractivity contribution is 7.18. The summed E-state index contributed by atoms with van der Waals surface area (Å²) in [5.41, 5.74) is 1.96. The number of hydrogen-bond donors (Lipinski definition) is 0. The van der Waals surface area contributed by atoms with Gasteiger partial charge in [0.1, 0.15) is 22.3 Å². The molecule has 1 saturated heterocycles. The number of thiophene rings is 1. The van der Waals surface area contributed by atoms with Crippen molar-refractivity contribution in [2.24, 2.45) is 0 Å². The van der Waals surface area contributed by atoms with E-state index in [2.05, 4.69) is 28.6 Å². The molecule has 3 heterocycles. The van der Waals surface area contributed by atoms with Gasteiger partial charge >= 0.3 is 0 Å². The van der Waals surface area contributed by atoms with Crippen LogP contribution < -0.4 is 9.80 Å². The molecule has 0 bridgehead atoms. The third-order valence-electron chi connectivity index (χ3n) is 4.89. The number of piperazine rings is 1.